The molecule has 5 heterocycles. The molecule has 12 heteroatoms. The first-order valence-corrected chi connectivity index (χ1v) is 15.1. The Morgan fingerprint density at radius 2 is 1.78 bits per heavy atom. The summed E-state index contributed by atoms with van der Waals surface area (Å²) in [6.45, 7) is 7.32. The molecule has 1 N–H and O–H groups in total. The van der Waals surface area contributed by atoms with Crippen LogP contribution in [0.1, 0.15) is 52.0 Å². The molecule has 3 atom stereocenters. The van der Waals surface area contributed by atoms with E-state index in [0.717, 1.165) is 25.7 Å². The third-order valence-electron chi connectivity index (χ3n) is 8.27. The molecule has 2 saturated heterocycles. The Hall–Kier alpha value is -5.00. The zero-order chi connectivity index (χ0) is 31.3. The van der Waals surface area contributed by atoms with Crippen LogP contribution < -0.4 is 14.8 Å². The number of fused-ring (bicyclic) bond motifs is 4. The average Bonchev–Trinajstić information content (AvgIpc) is 3.57. The van der Waals surface area contributed by atoms with Crippen LogP contribution in [0.3, 0.4) is 0 Å². The summed E-state index contributed by atoms with van der Waals surface area (Å²) in [7, 11) is 0. The maximum absolute atomic E-state index is 15.6. The Morgan fingerprint density at radius 3 is 2.56 bits per heavy atom. The van der Waals surface area contributed by atoms with Gasteiger partial charge in [0.15, 0.2) is 11.5 Å². The van der Waals surface area contributed by atoms with Crippen LogP contribution in [0.5, 0.6) is 17.2 Å². The van der Waals surface area contributed by atoms with E-state index in [1.54, 1.807) is 41.9 Å². The SMILES string of the molecule is Cc1c(Oc2ccn3ncnc3c2)ccc(Nc2ncnc3ccc(OC4C[C@H]5CC[C@@H](C4)N5C(=O)OC(C)(C)C)cc23)c1F. The second-order valence-electron chi connectivity index (χ2n) is 12.6. The smallest absolute Gasteiger partial charge is 0.410 e. The van der Waals surface area contributed by atoms with Crippen molar-refractivity contribution in [3.63, 3.8) is 0 Å². The normalized spacial score (nSPS) is 19.6. The van der Waals surface area contributed by atoms with Crippen molar-refractivity contribution in [3.05, 3.63) is 72.7 Å². The molecule has 0 radical (unpaired) electrons. The van der Waals surface area contributed by atoms with Crippen LogP contribution >= 0.6 is 0 Å². The molecule has 2 bridgehead atoms. The second-order valence-corrected chi connectivity index (χ2v) is 12.6. The number of carbonyl (C=O) groups is 1. The van der Waals surface area contributed by atoms with E-state index in [1.807, 2.05) is 43.9 Å². The van der Waals surface area contributed by atoms with Crippen molar-refractivity contribution in [3.8, 4) is 17.2 Å². The highest BCUT2D eigenvalue weighted by atomic mass is 19.1. The molecule has 0 saturated carbocycles. The van der Waals surface area contributed by atoms with Crippen molar-refractivity contribution in [1.82, 2.24) is 29.5 Å². The van der Waals surface area contributed by atoms with Gasteiger partial charge in [-0.1, -0.05) is 0 Å². The number of hydrogen-bond acceptors (Lipinski definition) is 9. The summed E-state index contributed by atoms with van der Waals surface area (Å²) >= 11 is 0. The fraction of sp³-hybridized carbons (Fsp3) is 0.364. The molecule has 2 aliphatic heterocycles. The predicted octanol–water partition coefficient (Wildman–Crippen LogP) is 6.97. The zero-order valence-electron chi connectivity index (χ0n) is 25.5. The van der Waals surface area contributed by atoms with Gasteiger partial charge >= 0.3 is 6.09 Å². The topological polar surface area (TPSA) is 116 Å². The van der Waals surface area contributed by atoms with Gasteiger partial charge < -0.3 is 24.4 Å². The van der Waals surface area contributed by atoms with Crippen molar-refractivity contribution in [2.75, 3.05) is 5.32 Å². The number of hydrogen-bond donors (Lipinski definition) is 1. The number of pyridine rings is 1. The zero-order valence-corrected chi connectivity index (χ0v) is 25.5. The minimum Gasteiger partial charge on any atom is -0.490 e. The van der Waals surface area contributed by atoms with Crippen molar-refractivity contribution >= 4 is 34.1 Å². The summed E-state index contributed by atoms with van der Waals surface area (Å²) in [5.74, 6) is 1.57. The summed E-state index contributed by atoms with van der Waals surface area (Å²) in [6, 6.07) is 12.6. The van der Waals surface area contributed by atoms with E-state index in [0.29, 0.717) is 45.2 Å². The molecule has 1 amide bonds. The van der Waals surface area contributed by atoms with Crippen molar-refractivity contribution in [1.29, 1.82) is 0 Å². The molecule has 0 spiro atoms. The number of nitrogens with one attached hydrogen (secondary N) is 1. The van der Waals surface area contributed by atoms with Gasteiger partial charge in [-0.05, 0) is 76.9 Å². The molecule has 45 heavy (non-hydrogen) atoms. The molecule has 2 aliphatic rings. The summed E-state index contributed by atoms with van der Waals surface area (Å²) < 4.78 is 35.3. The first kappa shape index (κ1) is 28.8. The second kappa shape index (κ2) is 11.2. The van der Waals surface area contributed by atoms with Gasteiger partial charge in [0.2, 0.25) is 0 Å². The maximum Gasteiger partial charge on any atom is 0.410 e. The number of carbonyl (C=O) groups excluding carboxylic acids is 1. The first-order chi connectivity index (χ1) is 21.6. The lowest BCUT2D eigenvalue weighted by Gasteiger charge is -2.39. The minimum atomic E-state index is -0.533. The number of piperidine rings is 1. The molecular weight excluding hydrogens is 577 g/mol. The number of aromatic nitrogens is 5. The fourth-order valence-electron chi connectivity index (χ4n) is 6.23. The van der Waals surface area contributed by atoms with Gasteiger partial charge in [-0.25, -0.2) is 28.7 Å². The molecule has 3 aromatic heterocycles. The molecule has 232 valence electrons. The van der Waals surface area contributed by atoms with E-state index in [9.17, 15) is 4.79 Å². The molecular formula is C33H34FN7O4. The number of benzene rings is 2. The number of amides is 1. The van der Waals surface area contributed by atoms with Crippen LogP contribution in [-0.4, -0.2) is 59.3 Å². The van der Waals surface area contributed by atoms with Crippen LogP contribution in [0, 0.1) is 12.7 Å². The summed E-state index contributed by atoms with van der Waals surface area (Å²) in [5, 5.41) is 7.92. The Morgan fingerprint density at radius 1 is 0.978 bits per heavy atom. The number of rotatable bonds is 6. The highest BCUT2D eigenvalue weighted by Crippen LogP contribution is 2.39. The lowest BCUT2D eigenvalue weighted by Crippen LogP contribution is -2.50. The summed E-state index contributed by atoms with van der Waals surface area (Å²) in [4.78, 5) is 27.7. The third-order valence-corrected chi connectivity index (χ3v) is 8.27. The van der Waals surface area contributed by atoms with E-state index in [1.165, 1.54) is 12.7 Å². The van der Waals surface area contributed by atoms with E-state index < -0.39 is 11.4 Å². The summed E-state index contributed by atoms with van der Waals surface area (Å²) in [6.07, 6.45) is 7.68. The quantitative estimate of drug-likeness (QED) is 0.217. The average molecular weight is 612 g/mol. The Balaban J connectivity index is 1.07. The molecule has 2 aromatic carbocycles. The van der Waals surface area contributed by atoms with Crippen molar-refractivity contribution in [2.24, 2.45) is 0 Å². The fourth-order valence-corrected chi connectivity index (χ4v) is 6.23. The van der Waals surface area contributed by atoms with Gasteiger partial charge in [-0.2, -0.15) is 5.10 Å². The molecule has 11 nitrogen and oxygen atoms in total. The standard InChI is InChI=1S/C33H34FN7O4/c1-19-28(44-23-11-12-40-29(16-23)36-18-38-40)10-9-27(30(19)34)39-31-25-15-22(7-8-26(25)35-17-37-31)43-24-13-20-5-6-21(14-24)41(20)32(42)45-33(2,3)4/h7-12,15-18,20-21,24H,5-6,13-14H2,1-4H3,(H,35,37,39)/t20-,21+,24?. The van der Waals surface area contributed by atoms with Crippen LogP contribution in [0.15, 0.2) is 61.3 Å². The van der Waals surface area contributed by atoms with E-state index in [2.05, 4.69) is 25.4 Å². The van der Waals surface area contributed by atoms with Gasteiger partial charge in [-0.15, -0.1) is 0 Å². The highest BCUT2D eigenvalue weighted by molar-refractivity contribution is 5.91. The van der Waals surface area contributed by atoms with E-state index >= 15 is 4.39 Å². The number of nitrogens with zero attached hydrogens (tertiary/aromatic N) is 6. The highest BCUT2D eigenvalue weighted by Gasteiger charge is 2.45. The number of anilines is 2. The van der Waals surface area contributed by atoms with E-state index in [-0.39, 0.29) is 30.0 Å². The minimum absolute atomic E-state index is 0.0437. The van der Waals surface area contributed by atoms with Gasteiger partial charge in [0.05, 0.1) is 11.2 Å². The predicted molar refractivity (Wildman–Crippen MR) is 166 cm³/mol. The van der Waals surface area contributed by atoms with Crippen molar-refractivity contribution in [2.45, 2.75) is 77.2 Å². The molecule has 7 rings (SSSR count). The van der Waals surface area contributed by atoms with Gasteiger partial charge in [0.25, 0.3) is 0 Å². The molecule has 2 fully saturated rings. The summed E-state index contributed by atoms with van der Waals surface area (Å²) in [5.41, 5.74) is 1.39. The maximum atomic E-state index is 15.6. The van der Waals surface area contributed by atoms with Crippen LogP contribution in [0.4, 0.5) is 20.7 Å². The van der Waals surface area contributed by atoms with Crippen molar-refractivity contribution < 1.29 is 23.4 Å². The number of ether oxygens (including phenoxy) is 3. The molecule has 1 unspecified atom stereocenters. The first-order valence-electron chi connectivity index (χ1n) is 15.1. The van der Waals surface area contributed by atoms with Crippen LogP contribution in [0.25, 0.3) is 16.6 Å². The Labute approximate surface area is 259 Å². The lowest BCUT2D eigenvalue weighted by atomic mass is 10.00. The van der Waals surface area contributed by atoms with Gasteiger partial charge in [0, 0.05) is 48.1 Å². The number of halogens is 1. The van der Waals surface area contributed by atoms with E-state index in [4.69, 9.17) is 14.2 Å². The molecule has 5 aromatic rings. The molecule has 0 aliphatic carbocycles. The third kappa shape index (κ3) is 5.79. The van der Waals surface area contributed by atoms with Gasteiger partial charge in [0.1, 0.15) is 47.4 Å². The van der Waals surface area contributed by atoms with Crippen LogP contribution in [-0.2, 0) is 4.74 Å². The Bertz CT molecular complexity index is 1890. The lowest BCUT2D eigenvalue weighted by molar-refractivity contribution is -0.00706. The van der Waals surface area contributed by atoms with Gasteiger partial charge in [-0.3, -0.25) is 0 Å². The monoisotopic (exact) mass is 611 g/mol. The van der Waals surface area contributed by atoms with Crippen LogP contribution in [0.2, 0.25) is 0 Å². The Kier molecular flexibility index (Phi) is 7.14. The largest absolute Gasteiger partial charge is 0.490 e.